The van der Waals surface area contributed by atoms with E-state index in [4.69, 9.17) is 4.74 Å². The van der Waals surface area contributed by atoms with Crippen LogP contribution in [-0.2, 0) is 4.74 Å². The molecule has 78 valence electrons. The van der Waals surface area contributed by atoms with E-state index in [0.717, 1.165) is 16.5 Å². The van der Waals surface area contributed by atoms with Crippen LogP contribution in [-0.4, -0.2) is 24.5 Å². The number of methoxy groups -OCH3 is 1. The predicted octanol–water partition coefficient (Wildman–Crippen LogP) is 2.39. The van der Waals surface area contributed by atoms with Gasteiger partial charge in [-0.3, -0.25) is 4.79 Å². The van der Waals surface area contributed by atoms with Gasteiger partial charge in [0, 0.05) is 36.2 Å². The molecular formula is C12H13NO2. The fourth-order valence-corrected chi connectivity index (χ4v) is 1.63. The summed E-state index contributed by atoms with van der Waals surface area (Å²) in [6, 6.07) is 7.79. The topological polar surface area (TPSA) is 42.1 Å². The van der Waals surface area contributed by atoms with Crippen LogP contribution in [0.2, 0.25) is 0 Å². The van der Waals surface area contributed by atoms with Crippen molar-refractivity contribution < 1.29 is 9.53 Å². The lowest BCUT2D eigenvalue weighted by Crippen LogP contribution is -2.02. The van der Waals surface area contributed by atoms with E-state index in [1.807, 2.05) is 24.3 Å². The van der Waals surface area contributed by atoms with E-state index in [9.17, 15) is 4.79 Å². The molecule has 2 rings (SSSR count). The highest BCUT2D eigenvalue weighted by molar-refractivity contribution is 6.07. The third kappa shape index (κ3) is 1.92. The molecule has 3 heteroatoms. The number of nitrogens with one attached hydrogen (secondary N) is 1. The van der Waals surface area contributed by atoms with Gasteiger partial charge in [0.15, 0.2) is 5.78 Å². The fourth-order valence-electron chi connectivity index (χ4n) is 1.63. The Morgan fingerprint density at radius 1 is 1.40 bits per heavy atom. The maximum atomic E-state index is 11.8. The molecule has 1 heterocycles. The summed E-state index contributed by atoms with van der Waals surface area (Å²) in [4.78, 5) is 14.9. The van der Waals surface area contributed by atoms with Crippen molar-refractivity contribution in [1.82, 2.24) is 4.98 Å². The Hall–Kier alpha value is -1.61. The highest BCUT2D eigenvalue weighted by atomic mass is 16.5. The minimum absolute atomic E-state index is 0.120. The monoisotopic (exact) mass is 203 g/mol. The fraction of sp³-hybridized carbons (Fsp3) is 0.250. The molecule has 0 aliphatic heterocycles. The molecule has 0 atom stereocenters. The molecule has 0 aliphatic carbocycles. The van der Waals surface area contributed by atoms with Gasteiger partial charge in [-0.1, -0.05) is 18.2 Å². The number of rotatable bonds is 4. The van der Waals surface area contributed by atoms with E-state index in [0.29, 0.717) is 13.0 Å². The van der Waals surface area contributed by atoms with Crippen LogP contribution in [0.25, 0.3) is 10.9 Å². The van der Waals surface area contributed by atoms with Crippen molar-refractivity contribution in [2.45, 2.75) is 6.42 Å². The van der Waals surface area contributed by atoms with Gasteiger partial charge in [0.25, 0.3) is 0 Å². The largest absolute Gasteiger partial charge is 0.384 e. The summed E-state index contributed by atoms with van der Waals surface area (Å²) in [7, 11) is 1.60. The minimum Gasteiger partial charge on any atom is -0.384 e. The first kappa shape index (κ1) is 9.93. The molecule has 1 aromatic heterocycles. The van der Waals surface area contributed by atoms with Crippen LogP contribution >= 0.6 is 0 Å². The average Bonchev–Trinajstić information content (AvgIpc) is 2.69. The minimum atomic E-state index is 0.120. The Morgan fingerprint density at radius 2 is 2.20 bits per heavy atom. The number of aromatic amines is 1. The van der Waals surface area contributed by atoms with Gasteiger partial charge >= 0.3 is 0 Å². The summed E-state index contributed by atoms with van der Waals surface area (Å²) in [6.07, 6.45) is 2.20. The second kappa shape index (κ2) is 4.28. The van der Waals surface area contributed by atoms with Crippen LogP contribution in [0, 0.1) is 0 Å². The van der Waals surface area contributed by atoms with Crippen molar-refractivity contribution in [3.63, 3.8) is 0 Å². The average molecular weight is 203 g/mol. The maximum Gasteiger partial charge on any atom is 0.167 e. The smallest absolute Gasteiger partial charge is 0.167 e. The number of benzene rings is 1. The molecule has 0 fully saturated rings. The zero-order valence-electron chi connectivity index (χ0n) is 8.62. The lowest BCUT2D eigenvalue weighted by atomic mass is 10.1. The summed E-state index contributed by atoms with van der Waals surface area (Å²) < 4.78 is 4.89. The maximum absolute atomic E-state index is 11.8. The zero-order chi connectivity index (χ0) is 10.7. The Labute approximate surface area is 88.1 Å². The second-order valence-corrected chi connectivity index (χ2v) is 3.41. The van der Waals surface area contributed by atoms with E-state index < -0.39 is 0 Å². The SMILES string of the molecule is COCCC(=O)c1c[nH]c2ccccc12. The lowest BCUT2D eigenvalue weighted by molar-refractivity contribution is 0.0934. The molecule has 0 radical (unpaired) electrons. The Kier molecular flexibility index (Phi) is 2.83. The number of Topliss-reactive ketones (excluding diaryl/α,β-unsaturated/α-hetero) is 1. The highest BCUT2D eigenvalue weighted by Gasteiger charge is 2.10. The molecule has 0 saturated heterocycles. The number of H-pyrrole nitrogens is 1. The van der Waals surface area contributed by atoms with E-state index in [1.54, 1.807) is 13.3 Å². The molecule has 0 aliphatic rings. The van der Waals surface area contributed by atoms with Crippen molar-refractivity contribution in [3.05, 3.63) is 36.0 Å². The number of ketones is 1. The Morgan fingerprint density at radius 3 is 3.00 bits per heavy atom. The van der Waals surface area contributed by atoms with Gasteiger partial charge in [0.2, 0.25) is 0 Å². The molecule has 2 aromatic rings. The van der Waals surface area contributed by atoms with Crippen LogP contribution in [0.5, 0.6) is 0 Å². The van der Waals surface area contributed by atoms with Crippen molar-refractivity contribution >= 4 is 16.7 Å². The van der Waals surface area contributed by atoms with Crippen LogP contribution < -0.4 is 0 Å². The molecule has 1 aromatic carbocycles. The van der Waals surface area contributed by atoms with Crippen LogP contribution in [0.1, 0.15) is 16.8 Å². The molecule has 3 nitrogen and oxygen atoms in total. The number of carbonyl (C=O) groups excluding carboxylic acids is 1. The number of para-hydroxylation sites is 1. The summed E-state index contributed by atoms with van der Waals surface area (Å²) in [5, 5.41) is 0.985. The summed E-state index contributed by atoms with van der Waals surface area (Å²) in [6.45, 7) is 0.471. The zero-order valence-corrected chi connectivity index (χ0v) is 8.62. The number of carbonyl (C=O) groups is 1. The molecule has 0 bridgehead atoms. The van der Waals surface area contributed by atoms with Crippen molar-refractivity contribution in [2.24, 2.45) is 0 Å². The lowest BCUT2D eigenvalue weighted by Gasteiger charge is -1.98. The number of ether oxygens (including phenoxy) is 1. The van der Waals surface area contributed by atoms with Gasteiger partial charge in [0.05, 0.1) is 6.61 Å². The van der Waals surface area contributed by atoms with E-state index in [-0.39, 0.29) is 5.78 Å². The van der Waals surface area contributed by atoms with Crippen LogP contribution in [0.3, 0.4) is 0 Å². The van der Waals surface area contributed by atoms with Gasteiger partial charge in [-0.15, -0.1) is 0 Å². The number of hydrogen-bond acceptors (Lipinski definition) is 2. The van der Waals surface area contributed by atoms with Crippen LogP contribution in [0.15, 0.2) is 30.5 Å². The molecule has 0 amide bonds. The van der Waals surface area contributed by atoms with Crippen molar-refractivity contribution in [2.75, 3.05) is 13.7 Å². The van der Waals surface area contributed by atoms with Gasteiger partial charge < -0.3 is 9.72 Å². The predicted molar refractivity (Wildman–Crippen MR) is 59.1 cm³/mol. The molecule has 0 unspecified atom stereocenters. The standard InChI is InChI=1S/C12H13NO2/c1-15-7-6-12(14)10-8-13-11-5-3-2-4-9(10)11/h2-5,8,13H,6-7H2,1H3. The molecule has 0 spiro atoms. The van der Waals surface area contributed by atoms with E-state index in [2.05, 4.69) is 4.98 Å². The Balaban J connectivity index is 2.31. The second-order valence-electron chi connectivity index (χ2n) is 3.41. The van der Waals surface area contributed by atoms with Gasteiger partial charge in [0.1, 0.15) is 0 Å². The normalized spacial score (nSPS) is 10.7. The molecule has 0 saturated carbocycles. The summed E-state index contributed by atoms with van der Waals surface area (Å²) in [5.41, 5.74) is 1.75. The van der Waals surface area contributed by atoms with Gasteiger partial charge in [-0.05, 0) is 6.07 Å². The first-order valence-corrected chi connectivity index (χ1v) is 4.91. The highest BCUT2D eigenvalue weighted by Crippen LogP contribution is 2.18. The van der Waals surface area contributed by atoms with E-state index >= 15 is 0 Å². The summed E-state index contributed by atoms with van der Waals surface area (Å²) >= 11 is 0. The summed E-state index contributed by atoms with van der Waals surface area (Å²) in [5.74, 6) is 0.120. The number of fused-ring (bicyclic) bond motifs is 1. The van der Waals surface area contributed by atoms with Crippen molar-refractivity contribution in [1.29, 1.82) is 0 Å². The third-order valence-electron chi connectivity index (χ3n) is 2.42. The van der Waals surface area contributed by atoms with E-state index in [1.165, 1.54) is 0 Å². The molecule has 1 N–H and O–H groups in total. The number of hydrogen-bond donors (Lipinski definition) is 1. The van der Waals surface area contributed by atoms with Gasteiger partial charge in [-0.25, -0.2) is 0 Å². The quantitative estimate of drug-likeness (QED) is 0.775. The molecule has 15 heavy (non-hydrogen) atoms. The van der Waals surface area contributed by atoms with Gasteiger partial charge in [-0.2, -0.15) is 0 Å². The Bertz CT molecular complexity index is 473. The molecular weight excluding hydrogens is 190 g/mol. The number of aromatic nitrogens is 1. The first-order chi connectivity index (χ1) is 7.33. The first-order valence-electron chi connectivity index (χ1n) is 4.91. The van der Waals surface area contributed by atoms with Crippen molar-refractivity contribution in [3.8, 4) is 0 Å². The third-order valence-corrected chi connectivity index (χ3v) is 2.42. The van der Waals surface area contributed by atoms with Crippen LogP contribution in [0.4, 0.5) is 0 Å².